The van der Waals surface area contributed by atoms with Crippen LogP contribution in [0.25, 0.3) is 0 Å². The first-order valence-electron chi connectivity index (χ1n) is 8.31. The van der Waals surface area contributed by atoms with Gasteiger partial charge in [0.2, 0.25) is 0 Å². The molecule has 1 aromatic carbocycles. The molecule has 1 aliphatic rings. The van der Waals surface area contributed by atoms with Crippen molar-refractivity contribution in [3.8, 4) is 5.75 Å². The van der Waals surface area contributed by atoms with Gasteiger partial charge in [-0.15, -0.1) is 0 Å². The van der Waals surface area contributed by atoms with Gasteiger partial charge in [-0.2, -0.15) is 0 Å². The summed E-state index contributed by atoms with van der Waals surface area (Å²) >= 11 is 0. The average molecular weight is 313 g/mol. The minimum atomic E-state index is -0.434. The van der Waals surface area contributed by atoms with Gasteiger partial charge in [-0.1, -0.05) is 31.9 Å². The van der Waals surface area contributed by atoms with E-state index in [9.17, 15) is 9.90 Å². The van der Waals surface area contributed by atoms with Crippen molar-refractivity contribution in [2.24, 2.45) is 0 Å². The molecule has 1 aromatic heterocycles. The van der Waals surface area contributed by atoms with Gasteiger partial charge in [0.05, 0.1) is 5.56 Å². The lowest BCUT2D eigenvalue weighted by Gasteiger charge is -2.19. The predicted molar refractivity (Wildman–Crippen MR) is 90.9 cm³/mol. The molecule has 0 spiro atoms. The van der Waals surface area contributed by atoms with Gasteiger partial charge in [-0.3, -0.25) is 0 Å². The van der Waals surface area contributed by atoms with E-state index in [1.165, 1.54) is 0 Å². The van der Waals surface area contributed by atoms with E-state index in [-0.39, 0.29) is 11.7 Å². The SMILES string of the molecule is CC(c1cccc(N)c1)c1c(O)c2c(oc1=O)CCCCCC2. The number of hydrogen-bond donors (Lipinski definition) is 2. The third-order valence-electron chi connectivity index (χ3n) is 4.74. The predicted octanol–water partition coefficient (Wildman–Crippen LogP) is 3.74. The van der Waals surface area contributed by atoms with Gasteiger partial charge in [0.1, 0.15) is 11.5 Å². The molecule has 1 unspecified atom stereocenters. The Morgan fingerprint density at radius 1 is 1.17 bits per heavy atom. The summed E-state index contributed by atoms with van der Waals surface area (Å²) in [5.74, 6) is 0.522. The zero-order chi connectivity index (χ0) is 16.4. The Hall–Kier alpha value is -2.23. The fourth-order valence-electron chi connectivity index (χ4n) is 3.40. The largest absolute Gasteiger partial charge is 0.507 e. The topological polar surface area (TPSA) is 76.5 Å². The first kappa shape index (κ1) is 15.7. The summed E-state index contributed by atoms with van der Waals surface area (Å²) in [5.41, 5.74) is 8.10. The van der Waals surface area contributed by atoms with E-state index in [4.69, 9.17) is 10.2 Å². The number of nitrogens with two attached hydrogens (primary N) is 1. The van der Waals surface area contributed by atoms with Crippen LogP contribution in [0.5, 0.6) is 5.75 Å². The van der Waals surface area contributed by atoms with Gasteiger partial charge in [-0.05, 0) is 37.0 Å². The van der Waals surface area contributed by atoms with Gasteiger partial charge in [0, 0.05) is 23.6 Å². The molecule has 1 aliphatic carbocycles. The minimum Gasteiger partial charge on any atom is -0.507 e. The summed E-state index contributed by atoms with van der Waals surface area (Å²) in [4.78, 5) is 12.5. The van der Waals surface area contributed by atoms with Crippen molar-refractivity contribution >= 4 is 5.69 Å². The lowest BCUT2D eigenvalue weighted by Crippen LogP contribution is -2.16. The van der Waals surface area contributed by atoms with Crippen LogP contribution in [0.4, 0.5) is 5.69 Å². The average Bonchev–Trinajstić information content (AvgIpc) is 2.49. The zero-order valence-corrected chi connectivity index (χ0v) is 13.5. The number of nitrogen functional groups attached to an aromatic ring is 1. The molecule has 2 aromatic rings. The summed E-state index contributed by atoms with van der Waals surface area (Å²) < 4.78 is 5.57. The van der Waals surface area contributed by atoms with Gasteiger partial charge < -0.3 is 15.3 Å². The van der Waals surface area contributed by atoms with Crippen molar-refractivity contribution in [3.05, 3.63) is 57.1 Å². The highest BCUT2D eigenvalue weighted by Gasteiger charge is 2.24. The molecule has 1 heterocycles. The van der Waals surface area contributed by atoms with Crippen LogP contribution in [0.1, 0.15) is 61.0 Å². The first-order chi connectivity index (χ1) is 11.1. The molecular weight excluding hydrogens is 290 g/mol. The van der Waals surface area contributed by atoms with Crippen LogP contribution in [0.2, 0.25) is 0 Å². The number of hydrogen-bond acceptors (Lipinski definition) is 4. The van der Waals surface area contributed by atoms with Crippen molar-refractivity contribution in [1.82, 2.24) is 0 Å². The second-order valence-electron chi connectivity index (χ2n) is 6.36. The summed E-state index contributed by atoms with van der Waals surface area (Å²) in [7, 11) is 0. The molecule has 0 saturated heterocycles. The molecule has 122 valence electrons. The molecule has 3 N–H and O–H groups in total. The Kier molecular flexibility index (Phi) is 4.42. The molecular formula is C19H23NO3. The third kappa shape index (κ3) is 3.11. The zero-order valence-electron chi connectivity index (χ0n) is 13.5. The van der Waals surface area contributed by atoms with Crippen molar-refractivity contribution in [3.63, 3.8) is 0 Å². The fraction of sp³-hybridized carbons (Fsp3) is 0.421. The molecule has 4 heteroatoms. The van der Waals surface area contributed by atoms with E-state index in [0.29, 0.717) is 17.0 Å². The highest BCUT2D eigenvalue weighted by Crippen LogP contribution is 2.35. The highest BCUT2D eigenvalue weighted by molar-refractivity contribution is 5.49. The third-order valence-corrected chi connectivity index (χ3v) is 4.74. The number of aryl methyl sites for hydroxylation is 1. The monoisotopic (exact) mass is 313 g/mol. The Balaban J connectivity index is 2.08. The second-order valence-corrected chi connectivity index (χ2v) is 6.36. The Morgan fingerprint density at radius 2 is 1.91 bits per heavy atom. The molecule has 4 nitrogen and oxygen atoms in total. The summed E-state index contributed by atoms with van der Waals surface area (Å²) in [6.07, 6.45) is 5.80. The van der Waals surface area contributed by atoms with Gasteiger partial charge in [-0.25, -0.2) is 4.79 Å². The van der Waals surface area contributed by atoms with Crippen LogP contribution in [0.15, 0.2) is 33.5 Å². The molecule has 3 rings (SSSR count). The summed E-state index contributed by atoms with van der Waals surface area (Å²) in [5, 5.41) is 10.7. The number of anilines is 1. The van der Waals surface area contributed by atoms with Crippen molar-refractivity contribution in [2.75, 3.05) is 5.73 Å². The first-order valence-corrected chi connectivity index (χ1v) is 8.31. The minimum absolute atomic E-state index is 0.119. The Morgan fingerprint density at radius 3 is 2.65 bits per heavy atom. The smallest absolute Gasteiger partial charge is 0.343 e. The summed E-state index contributed by atoms with van der Waals surface area (Å²) in [6, 6.07) is 7.41. The van der Waals surface area contributed by atoms with Crippen LogP contribution in [0, 0.1) is 0 Å². The lowest BCUT2D eigenvalue weighted by molar-refractivity contribution is 0.386. The lowest BCUT2D eigenvalue weighted by atomic mass is 9.89. The number of aromatic hydroxyl groups is 1. The summed E-state index contributed by atoms with van der Waals surface area (Å²) in [6.45, 7) is 1.90. The Bertz CT molecular complexity index is 764. The molecule has 0 bridgehead atoms. The highest BCUT2D eigenvalue weighted by atomic mass is 16.4. The maximum Gasteiger partial charge on any atom is 0.343 e. The molecule has 23 heavy (non-hydrogen) atoms. The van der Waals surface area contributed by atoms with Crippen LogP contribution in [-0.4, -0.2) is 5.11 Å². The van der Waals surface area contributed by atoms with Crippen molar-refractivity contribution < 1.29 is 9.52 Å². The second kappa shape index (κ2) is 6.49. The van der Waals surface area contributed by atoms with Gasteiger partial charge in [0.25, 0.3) is 0 Å². The van der Waals surface area contributed by atoms with E-state index < -0.39 is 5.63 Å². The quantitative estimate of drug-likeness (QED) is 0.828. The van der Waals surface area contributed by atoms with Gasteiger partial charge >= 0.3 is 5.63 Å². The maximum atomic E-state index is 12.5. The Labute approximate surface area is 136 Å². The van der Waals surface area contributed by atoms with Crippen molar-refractivity contribution in [2.45, 2.75) is 51.4 Å². The van der Waals surface area contributed by atoms with Crippen LogP contribution in [-0.2, 0) is 12.8 Å². The van der Waals surface area contributed by atoms with Crippen LogP contribution >= 0.6 is 0 Å². The van der Waals surface area contributed by atoms with E-state index in [1.54, 1.807) is 6.07 Å². The van der Waals surface area contributed by atoms with E-state index >= 15 is 0 Å². The van der Waals surface area contributed by atoms with E-state index in [1.807, 2.05) is 25.1 Å². The number of fused-ring (bicyclic) bond motifs is 1. The molecule has 0 aliphatic heterocycles. The number of rotatable bonds is 2. The standard InChI is InChI=1S/C19H23NO3/c1-12(13-7-6-8-14(20)11-13)17-18(21)15-9-4-2-3-5-10-16(15)23-19(17)22/h6-8,11-12,21H,2-5,9-10,20H2,1H3. The van der Waals surface area contributed by atoms with Crippen molar-refractivity contribution in [1.29, 1.82) is 0 Å². The van der Waals surface area contributed by atoms with Gasteiger partial charge in [0.15, 0.2) is 0 Å². The molecule has 0 radical (unpaired) electrons. The number of benzene rings is 1. The van der Waals surface area contributed by atoms with E-state index in [0.717, 1.165) is 49.7 Å². The molecule has 0 fully saturated rings. The molecule has 1 atom stereocenters. The normalized spacial score (nSPS) is 16.2. The molecule has 0 amide bonds. The fourth-order valence-corrected chi connectivity index (χ4v) is 3.40. The molecule has 0 saturated carbocycles. The maximum absolute atomic E-state index is 12.5. The van der Waals surface area contributed by atoms with E-state index in [2.05, 4.69) is 0 Å². The van der Waals surface area contributed by atoms with Crippen LogP contribution in [0.3, 0.4) is 0 Å². The van der Waals surface area contributed by atoms with Crippen LogP contribution < -0.4 is 11.4 Å².